The van der Waals surface area contributed by atoms with Crippen LogP contribution in [0.15, 0.2) is 0 Å². The highest BCUT2D eigenvalue weighted by Crippen LogP contribution is 2.10. The van der Waals surface area contributed by atoms with Crippen molar-refractivity contribution in [2.75, 3.05) is 24.6 Å². The molecule has 4 N–H and O–H groups in total. The fraction of sp³-hybridized carbons (Fsp3) is 0.500. The summed E-state index contributed by atoms with van der Waals surface area (Å²) in [5.74, 6) is 0.248. The lowest BCUT2D eigenvalue weighted by molar-refractivity contribution is -0.120. The zero-order chi connectivity index (χ0) is 9.68. The first kappa shape index (κ1) is 9.72. The minimum atomic E-state index is -0.00927. The molecule has 0 aromatic carbocycles. The number of nitrogens with one attached hydrogen (secondary N) is 2. The van der Waals surface area contributed by atoms with Gasteiger partial charge in [0.05, 0.1) is 0 Å². The van der Waals surface area contributed by atoms with Crippen molar-refractivity contribution in [1.82, 2.24) is 14.7 Å². The van der Waals surface area contributed by atoms with Gasteiger partial charge in [0.25, 0.3) is 0 Å². The number of rotatable bonds is 4. The van der Waals surface area contributed by atoms with E-state index in [4.69, 9.17) is 5.73 Å². The largest absolute Gasteiger partial charge is 0.367 e. The van der Waals surface area contributed by atoms with Crippen molar-refractivity contribution in [2.24, 2.45) is 0 Å². The summed E-state index contributed by atoms with van der Waals surface area (Å²) in [5.41, 5.74) is 5.31. The third-order valence-corrected chi connectivity index (χ3v) is 2.04. The number of hydrogen-bond donors (Lipinski definition) is 3. The van der Waals surface area contributed by atoms with E-state index in [0.717, 1.165) is 0 Å². The van der Waals surface area contributed by atoms with Crippen molar-refractivity contribution in [2.45, 2.75) is 6.42 Å². The van der Waals surface area contributed by atoms with Gasteiger partial charge in [0.15, 0.2) is 0 Å². The minimum absolute atomic E-state index is 0.00927. The summed E-state index contributed by atoms with van der Waals surface area (Å²) in [7, 11) is 1.60. The molecule has 1 rings (SSSR count). The summed E-state index contributed by atoms with van der Waals surface area (Å²) in [6.07, 6.45) is 0.413. The smallest absolute Gasteiger partial charge is 0.233 e. The number of aromatic nitrogens is 2. The fourth-order valence-electron chi connectivity index (χ4n) is 0.715. The van der Waals surface area contributed by atoms with Gasteiger partial charge in [-0.3, -0.25) is 4.79 Å². The maximum absolute atomic E-state index is 10.8. The van der Waals surface area contributed by atoms with Gasteiger partial charge >= 0.3 is 0 Å². The average molecular weight is 201 g/mol. The summed E-state index contributed by atoms with van der Waals surface area (Å²) in [6, 6.07) is 0. The maximum Gasteiger partial charge on any atom is 0.233 e. The van der Waals surface area contributed by atoms with Gasteiger partial charge in [-0.05, 0) is 0 Å². The molecule has 1 aromatic rings. The summed E-state index contributed by atoms with van der Waals surface area (Å²) in [5, 5.41) is 6.10. The Morgan fingerprint density at radius 3 is 3.00 bits per heavy atom. The lowest BCUT2D eigenvalue weighted by atomic mass is 10.4. The highest BCUT2D eigenvalue weighted by atomic mass is 32.1. The number of anilines is 2. The first-order chi connectivity index (χ1) is 6.22. The highest BCUT2D eigenvalue weighted by Gasteiger charge is 2.00. The third kappa shape index (κ3) is 3.24. The van der Waals surface area contributed by atoms with Crippen LogP contribution >= 0.6 is 11.5 Å². The van der Waals surface area contributed by atoms with Crippen LogP contribution in [0.3, 0.4) is 0 Å². The molecule has 0 aliphatic heterocycles. The van der Waals surface area contributed by atoms with Crippen molar-refractivity contribution in [3.8, 4) is 0 Å². The second kappa shape index (κ2) is 4.61. The zero-order valence-electron chi connectivity index (χ0n) is 7.20. The summed E-state index contributed by atoms with van der Waals surface area (Å²) < 4.78 is 3.78. The molecule has 6 nitrogen and oxygen atoms in total. The third-order valence-electron chi connectivity index (χ3n) is 1.35. The highest BCUT2D eigenvalue weighted by molar-refractivity contribution is 7.09. The van der Waals surface area contributed by atoms with Crippen LogP contribution in [-0.4, -0.2) is 28.9 Å². The fourth-order valence-corrected chi connectivity index (χ4v) is 1.24. The van der Waals surface area contributed by atoms with Crippen LogP contribution in [0.4, 0.5) is 11.1 Å². The predicted octanol–water partition coefficient (Wildman–Crippen LogP) is -0.332. The Kier molecular flexibility index (Phi) is 3.44. The van der Waals surface area contributed by atoms with E-state index in [0.29, 0.717) is 18.1 Å². The zero-order valence-corrected chi connectivity index (χ0v) is 8.02. The molecule has 0 unspecified atom stereocenters. The molecule has 0 aliphatic carbocycles. The Bertz CT molecular complexity index is 286. The molecule has 13 heavy (non-hydrogen) atoms. The van der Waals surface area contributed by atoms with Crippen LogP contribution in [0.25, 0.3) is 0 Å². The number of nitrogens with two attached hydrogens (primary N) is 1. The summed E-state index contributed by atoms with van der Waals surface area (Å²) >= 11 is 1.18. The van der Waals surface area contributed by atoms with Crippen molar-refractivity contribution >= 4 is 28.5 Å². The van der Waals surface area contributed by atoms with E-state index in [9.17, 15) is 4.79 Å². The normalized spacial score (nSPS) is 9.62. The van der Waals surface area contributed by atoms with Crippen LogP contribution < -0.4 is 16.4 Å². The Morgan fingerprint density at radius 1 is 1.69 bits per heavy atom. The Morgan fingerprint density at radius 2 is 2.46 bits per heavy atom. The molecule has 72 valence electrons. The van der Waals surface area contributed by atoms with Crippen molar-refractivity contribution in [1.29, 1.82) is 0 Å². The van der Waals surface area contributed by atoms with Crippen LogP contribution in [0, 0.1) is 0 Å². The van der Waals surface area contributed by atoms with Gasteiger partial charge in [-0.25, -0.2) is 0 Å². The van der Waals surface area contributed by atoms with Gasteiger partial charge in [0.2, 0.25) is 17.0 Å². The minimum Gasteiger partial charge on any atom is -0.367 e. The Labute approximate surface area is 79.7 Å². The lowest BCUT2D eigenvalue weighted by Crippen LogP contribution is -2.20. The molecule has 0 fully saturated rings. The molecular weight excluding hydrogens is 190 g/mol. The van der Waals surface area contributed by atoms with E-state index in [1.807, 2.05) is 0 Å². The van der Waals surface area contributed by atoms with E-state index in [1.54, 1.807) is 7.05 Å². The molecule has 1 aromatic heterocycles. The second-order valence-electron chi connectivity index (χ2n) is 2.31. The van der Waals surface area contributed by atoms with Crippen molar-refractivity contribution in [3.05, 3.63) is 0 Å². The van der Waals surface area contributed by atoms with Gasteiger partial charge in [-0.1, -0.05) is 0 Å². The van der Waals surface area contributed by atoms with E-state index >= 15 is 0 Å². The molecule has 1 amide bonds. The van der Waals surface area contributed by atoms with E-state index in [-0.39, 0.29) is 11.9 Å². The van der Waals surface area contributed by atoms with Gasteiger partial charge in [-0.2, -0.15) is 9.36 Å². The maximum atomic E-state index is 10.8. The molecule has 7 heteroatoms. The molecule has 1 heterocycles. The van der Waals surface area contributed by atoms with Crippen molar-refractivity contribution < 1.29 is 4.79 Å². The predicted molar refractivity (Wildman–Crippen MR) is 51.5 cm³/mol. The number of nitrogens with zero attached hydrogens (tertiary/aromatic N) is 2. The van der Waals surface area contributed by atoms with E-state index in [2.05, 4.69) is 20.0 Å². The average Bonchev–Trinajstić information content (AvgIpc) is 2.51. The SMILES string of the molecule is CNC(=O)CCNc1nc(N)ns1. The van der Waals surface area contributed by atoms with Gasteiger partial charge in [0.1, 0.15) is 0 Å². The topological polar surface area (TPSA) is 92.9 Å². The molecule has 0 saturated carbocycles. The van der Waals surface area contributed by atoms with Gasteiger partial charge in [-0.15, -0.1) is 0 Å². The molecule has 0 radical (unpaired) electrons. The molecular formula is C6H11N5OS. The summed E-state index contributed by atoms with van der Waals surface area (Å²) in [6.45, 7) is 0.536. The van der Waals surface area contributed by atoms with E-state index < -0.39 is 0 Å². The van der Waals surface area contributed by atoms with Crippen LogP contribution in [0.2, 0.25) is 0 Å². The number of carbonyl (C=O) groups excluding carboxylic acids is 1. The molecule has 0 saturated heterocycles. The van der Waals surface area contributed by atoms with Crippen molar-refractivity contribution in [3.63, 3.8) is 0 Å². The number of nitrogen functional groups attached to an aromatic ring is 1. The monoisotopic (exact) mass is 201 g/mol. The first-order valence-electron chi connectivity index (χ1n) is 3.76. The number of amides is 1. The lowest BCUT2D eigenvalue weighted by Gasteiger charge is -1.99. The number of carbonyl (C=O) groups is 1. The Hall–Kier alpha value is -1.37. The first-order valence-corrected chi connectivity index (χ1v) is 4.53. The van der Waals surface area contributed by atoms with Crippen LogP contribution in [0.5, 0.6) is 0 Å². The van der Waals surface area contributed by atoms with E-state index in [1.165, 1.54) is 11.5 Å². The molecule has 0 aliphatic rings. The van der Waals surface area contributed by atoms with Gasteiger partial charge < -0.3 is 16.4 Å². The quantitative estimate of drug-likeness (QED) is 0.620. The van der Waals surface area contributed by atoms with Crippen LogP contribution in [0.1, 0.15) is 6.42 Å². The standard InChI is InChI=1S/C6H11N5OS/c1-8-4(12)2-3-9-6-10-5(7)11-13-6/h2-3H2,1H3,(H,8,12)(H3,7,9,10,11). The molecule has 0 atom stereocenters. The molecule has 0 spiro atoms. The second-order valence-corrected chi connectivity index (χ2v) is 3.06. The van der Waals surface area contributed by atoms with Gasteiger partial charge in [0, 0.05) is 31.5 Å². The molecule has 0 bridgehead atoms. The number of hydrogen-bond acceptors (Lipinski definition) is 6. The Balaban J connectivity index is 2.24. The van der Waals surface area contributed by atoms with Crippen LogP contribution in [-0.2, 0) is 4.79 Å². The summed E-state index contributed by atoms with van der Waals surface area (Å²) in [4.78, 5) is 14.7.